The summed E-state index contributed by atoms with van der Waals surface area (Å²) in [7, 11) is -3.55. The molecule has 0 aliphatic heterocycles. The number of sulfonamides is 1. The van der Waals surface area contributed by atoms with Crippen LogP contribution < -0.4 is 10.5 Å². The number of aromatic nitrogens is 2. The van der Waals surface area contributed by atoms with Crippen LogP contribution in [-0.2, 0) is 16.6 Å². The Morgan fingerprint density at radius 2 is 2.20 bits per heavy atom. The van der Waals surface area contributed by atoms with Crippen molar-refractivity contribution in [2.45, 2.75) is 44.2 Å². The summed E-state index contributed by atoms with van der Waals surface area (Å²) in [5.74, 6) is 0. The maximum Gasteiger partial charge on any atom is 0.244 e. The number of aryl methyl sites for hydroxylation is 1. The zero-order valence-electron chi connectivity index (χ0n) is 12.0. The lowest BCUT2D eigenvalue weighted by Crippen LogP contribution is -2.36. The van der Waals surface area contributed by atoms with Gasteiger partial charge in [-0.1, -0.05) is 6.92 Å². The van der Waals surface area contributed by atoms with E-state index >= 15 is 0 Å². The number of nitrogens with two attached hydrogens (primary N) is 1. The molecule has 20 heavy (non-hydrogen) atoms. The first-order valence-electron chi connectivity index (χ1n) is 6.97. The highest BCUT2D eigenvalue weighted by Gasteiger charge is 2.28. The molecule has 0 spiro atoms. The van der Waals surface area contributed by atoms with Crippen LogP contribution in [0.2, 0.25) is 0 Å². The van der Waals surface area contributed by atoms with E-state index in [2.05, 4.69) is 26.7 Å². The standard InChI is InChI=1S/C12H23N5O2S/c1-3-17(10-4-5-10)7-6-14-20(18,19)12-9(2)15-16-11(12)8-13/h10,14H,3-8,13H2,1-2H3,(H,15,16). The third-order valence-electron chi connectivity index (χ3n) is 3.58. The van der Waals surface area contributed by atoms with Crippen molar-refractivity contribution in [3.05, 3.63) is 11.4 Å². The summed E-state index contributed by atoms with van der Waals surface area (Å²) in [6, 6.07) is 0.639. The van der Waals surface area contributed by atoms with E-state index in [1.165, 1.54) is 12.8 Å². The molecule has 0 atom stereocenters. The van der Waals surface area contributed by atoms with Crippen LogP contribution in [0.15, 0.2) is 4.90 Å². The number of hydrogen-bond donors (Lipinski definition) is 3. The van der Waals surface area contributed by atoms with E-state index in [0.29, 0.717) is 24.0 Å². The number of rotatable bonds is 8. The van der Waals surface area contributed by atoms with E-state index in [9.17, 15) is 8.42 Å². The lowest BCUT2D eigenvalue weighted by atomic mass is 10.4. The minimum Gasteiger partial charge on any atom is -0.325 e. The average Bonchev–Trinajstić information content (AvgIpc) is 3.17. The van der Waals surface area contributed by atoms with Gasteiger partial charge in [-0.3, -0.25) is 10.00 Å². The third-order valence-corrected chi connectivity index (χ3v) is 5.25. The van der Waals surface area contributed by atoms with Crippen LogP contribution in [0.3, 0.4) is 0 Å². The van der Waals surface area contributed by atoms with Gasteiger partial charge in [-0.15, -0.1) is 0 Å². The van der Waals surface area contributed by atoms with E-state index in [1.54, 1.807) is 6.92 Å². The molecule has 8 heteroatoms. The molecule has 4 N–H and O–H groups in total. The zero-order chi connectivity index (χ0) is 14.8. The van der Waals surface area contributed by atoms with Crippen LogP contribution in [0, 0.1) is 6.92 Å². The highest BCUT2D eigenvalue weighted by Crippen LogP contribution is 2.26. The summed E-state index contributed by atoms with van der Waals surface area (Å²) in [6.07, 6.45) is 2.44. The Balaban J connectivity index is 1.98. The Morgan fingerprint density at radius 1 is 1.50 bits per heavy atom. The van der Waals surface area contributed by atoms with Gasteiger partial charge in [0, 0.05) is 25.7 Å². The third kappa shape index (κ3) is 3.38. The van der Waals surface area contributed by atoms with Crippen LogP contribution >= 0.6 is 0 Å². The van der Waals surface area contributed by atoms with Crippen molar-refractivity contribution < 1.29 is 8.42 Å². The second-order valence-electron chi connectivity index (χ2n) is 5.09. The molecule has 1 aliphatic carbocycles. The predicted octanol–water partition coefficient (Wildman–Crippen LogP) is -0.0606. The zero-order valence-corrected chi connectivity index (χ0v) is 12.8. The summed E-state index contributed by atoms with van der Waals surface area (Å²) < 4.78 is 27.2. The number of nitrogens with one attached hydrogen (secondary N) is 2. The maximum absolute atomic E-state index is 12.3. The average molecular weight is 301 g/mol. The summed E-state index contributed by atoms with van der Waals surface area (Å²) >= 11 is 0. The number of H-pyrrole nitrogens is 1. The molecule has 0 saturated heterocycles. The molecular weight excluding hydrogens is 278 g/mol. The molecule has 1 aliphatic rings. The fourth-order valence-electron chi connectivity index (χ4n) is 2.40. The Morgan fingerprint density at radius 3 is 2.75 bits per heavy atom. The van der Waals surface area contributed by atoms with E-state index in [-0.39, 0.29) is 11.4 Å². The first-order chi connectivity index (χ1) is 9.49. The highest BCUT2D eigenvalue weighted by molar-refractivity contribution is 7.89. The lowest BCUT2D eigenvalue weighted by Gasteiger charge is -2.19. The molecule has 7 nitrogen and oxygen atoms in total. The van der Waals surface area contributed by atoms with Crippen molar-refractivity contribution >= 4 is 10.0 Å². The van der Waals surface area contributed by atoms with E-state index in [1.807, 2.05) is 0 Å². The molecule has 1 fully saturated rings. The second kappa shape index (κ2) is 6.21. The highest BCUT2D eigenvalue weighted by atomic mass is 32.2. The van der Waals surface area contributed by atoms with Crippen molar-refractivity contribution in [3.63, 3.8) is 0 Å². The summed E-state index contributed by atoms with van der Waals surface area (Å²) in [6.45, 7) is 5.97. The Hall–Kier alpha value is -0.960. The van der Waals surface area contributed by atoms with Crippen LogP contribution in [0.4, 0.5) is 0 Å². The van der Waals surface area contributed by atoms with Crippen molar-refractivity contribution in [3.8, 4) is 0 Å². The van der Waals surface area contributed by atoms with Crippen molar-refractivity contribution in [2.24, 2.45) is 5.73 Å². The van der Waals surface area contributed by atoms with E-state index < -0.39 is 10.0 Å². The van der Waals surface area contributed by atoms with Gasteiger partial charge in [-0.05, 0) is 26.3 Å². The molecule has 1 heterocycles. The predicted molar refractivity (Wildman–Crippen MR) is 76.7 cm³/mol. The van der Waals surface area contributed by atoms with E-state index in [0.717, 1.165) is 13.1 Å². The normalized spacial score (nSPS) is 16.0. The first kappa shape index (κ1) is 15.4. The van der Waals surface area contributed by atoms with Crippen LogP contribution in [0.1, 0.15) is 31.2 Å². The first-order valence-corrected chi connectivity index (χ1v) is 8.45. The largest absolute Gasteiger partial charge is 0.325 e. The second-order valence-corrected chi connectivity index (χ2v) is 6.79. The molecule has 1 aromatic heterocycles. The van der Waals surface area contributed by atoms with Crippen molar-refractivity contribution in [2.75, 3.05) is 19.6 Å². The van der Waals surface area contributed by atoms with Crippen molar-refractivity contribution in [1.82, 2.24) is 19.8 Å². The summed E-state index contributed by atoms with van der Waals surface area (Å²) in [5, 5.41) is 6.59. The lowest BCUT2D eigenvalue weighted by molar-refractivity contribution is 0.282. The van der Waals surface area contributed by atoms with Gasteiger partial charge in [0.2, 0.25) is 10.0 Å². The number of hydrogen-bond acceptors (Lipinski definition) is 5. The molecule has 0 unspecified atom stereocenters. The minimum atomic E-state index is -3.55. The topological polar surface area (TPSA) is 104 Å². The number of aromatic amines is 1. The number of nitrogens with zero attached hydrogens (tertiary/aromatic N) is 2. The van der Waals surface area contributed by atoms with Crippen molar-refractivity contribution in [1.29, 1.82) is 0 Å². The maximum atomic E-state index is 12.3. The number of likely N-dealkylation sites (N-methyl/N-ethyl adjacent to an activating group) is 1. The molecule has 114 valence electrons. The molecule has 0 aromatic carbocycles. The van der Waals surface area contributed by atoms with E-state index in [4.69, 9.17) is 5.73 Å². The molecule has 1 saturated carbocycles. The van der Waals surface area contributed by atoms with Gasteiger partial charge in [0.15, 0.2) is 0 Å². The quantitative estimate of drug-likeness (QED) is 0.624. The Bertz CT molecular complexity index is 550. The van der Waals surface area contributed by atoms with Gasteiger partial charge in [-0.2, -0.15) is 5.10 Å². The minimum absolute atomic E-state index is 0.101. The van der Waals surface area contributed by atoms with Gasteiger partial charge in [0.25, 0.3) is 0 Å². The summed E-state index contributed by atoms with van der Waals surface area (Å²) in [5.41, 5.74) is 6.42. The molecule has 2 rings (SSSR count). The van der Waals surface area contributed by atoms with Crippen LogP contribution in [-0.4, -0.2) is 49.2 Å². The molecule has 0 amide bonds. The molecule has 0 radical (unpaired) electrons. The van der Waals surface area contributed by atoms with Crippen LogP contribution in [0.5, 0.6) is 0 Å². The smallest absolute Gasteiger partial charge is 0.244 e. The fraction of sp³-hybridized carbons (Fsp3) is 0.750. The summed E-state index contributed by atoms with van der Waals surface area (Å²) in [4.78, 5) is 2.49. The molecular formula is C12H23N5O2S. The van der Waals surface area contributed by atoms with Gasteiger partial charge in [0.1, 0.15) is 4.90 Å². The monoisotopic (exact) mass is 301 g/mol. The van der Waals surface area contributed by atoms with Gasteiger partial charge in [0.05, 0.1) is 11.4 Å². The molecule has 1 aromatic rings. The van der Waals surface area contributed by atoms with Gasteiger partial charge in [-0.25, -0.2) is 13.1 Å². The molecule has 0 bridgehead atoms. The SMILES string of the molecule is CCN(CCNS(=O)(=O)c1c(CN)n[nH]c1C)C1CC1. The Kier molecular flexibility index (Phi) is 4.79. The van der Waals surface area contributed by atoms with Crippen LogP contribution in [0.25, 0.3) is 0 Å². The van der Waals surface area contributed by atoms with Gasteiger partial charge >= 0.3 is 0 Å². The fourth-order valence-corrected chi connectivity index (χ4v) is 3.79. The van der Waals surface area contributed by atoms with Gasteiger partial charge < -0.3 is 5.73 Å². The Labute approximate surface area is 120 Å².